The average molecular weight is 346 g/mol. The third-order valence-corrected chi connectivity index (χ3v) is 4.60. The fraction of sp³-hybridized carbons (Fsp3) is 0.308. The molecule has 5 nitrogen and oxygen atoms in total. The number of hydrogen-bond donors (Lipinski definition) is 1. The zero-order valence-corrected chi connectivity index (χ0v) is 13.2. The van der Waals surface area contributed by atoms with E-state index in [0.29, 0.717) is 27.9 Å². The largest absolute Gasteiger partial charge is 0.344 e. The highest BCUT2D eigenvalue weighted by molar-refractivity contribution is 6.49. The van der Waals surface area contributed by atoms with Crippen LogP contribution in [-0.4, -0.2) is 24.1 Å². The molecule has 2 heterocycles. The molecule has 2 unspecified atom stereocenters. The van der Waals surface area contributed by atoms with Crippen molar-refractivity contribution in [2.24, 2.45) is 0 Å². The number of nitrogens with one attached hydrogen (secondary N) is 1. The summed E-state index contributed by atoms with van der Waals surface area (Å²) in [5.74, 6) is 0. The van der Waals surface area contributed by atoms with E-state index in [-0.39, 0.29) is 17.5 Å². The van der Waals surface area contributed by atoms with E-state index in [9.17, 15) is 5.26 Å². The highest BCUT2D eigenvalue weighted by atomic mass is 35.5. The smallest absolute Gasteiger partial charge is 0.206 e. The molecule has 1 saturated heterocycles. The molecule has 3 rings (SSSR count). The van der Waals surface area contributed by atoms with Crippen molar-refractivity contribution in [3.8, 4) is 6.07 Å². The monoisotopic (exact) mass is 344 g/mol. The van der Waals surface area contributed by atoms with Gasteiger partial charge in [0, 0.05) is 12.8 Å². The Kier molecular flexibility index (Phi) is 3.91. The van der Waals surface area contributed by atoms with Crippen LogP contribution in [0.2, 0.25) is 15.1 Å². The summed E-state index contributed by atoms with van der Waals surface area (Å²) in [6.07, 6.45) is 1.06. The molecule has 8 heteroatoms. The molecule has 0 radical (unpaired) electrons. The van der Waals surface area contributed by atoms with E-state index in [0.717, 1.165) is 0 Å². The number of ether oxygens (including phenoxy) is 1. The van der Waals surface area contributed by atoms with Crippen LogP contribution in [-0.2, 0) is 4.74 Å². The lowest BCUT2D eigenvalue weighted by Gasteiger charge is -2.29. The van der Waals surface area contributed by atoms with Crippen molar-refractivity contribution in [1.29, 1.82) is 5.26 Å². The molecule has 1 aromatic carbocycles. The van der Waals surface area contributed by atoms with Gasteiger partial charge >= 0.3 is 0 Å². The summed E-state index contributed by atoms with van der Waals surface area (Å²) in [6.45, 7) is 2.44. The SMILES string of the molecule is CCOC1NC2C(C#N)=CN1N2c1ccc(Cl)c(Cl)c1Cl. The fourth-order valence-corrected chi connectivity index (χ4v) is 3.04. The van der Waals surface area contributed by atoms with Crippen LogP contribution >= 0.6 is 34.8 Å². The topological polar surface area (TPSA) is 51.5 Å². The molecule has 1 N–H and O–H groups in total. The van der Waals surface area contributed by atoms with E-state index in [1.807, 2.05) is 11.9 Å². The molecule has 0 aromatic heterocycles. The van der Waals surface area contributed by atoms with Crippen molar-refractivity contribution in [2.75, 3.05) is 11.6 Å². The van der Waals surface area contributed by atoms with Crippen LogP contribution in [0.1, 0.15) is 6.92 Å². The number of rotatable bonds is 3. The predicted molar refractivity (Wildman–Crippen MR) is 81.8 cm³/mol. The minimum absolute atomic E-state index is 0.287. The second-order valence-electron chi connectivity index (χ2n) is 4.49. The van der Waals surface area contributed by atoms with Crippen LogP contribution in [0.5, 0.6) is 0 Å². The molecule has 1 fully saturated rings. The summed E-state index contributed by atoms with van der Waals surface area (Å²) < 4.78 is 5.59. The van der Waals surface area contributed by atoms with Gasteiger partial charge in [0.2, 0.25) is 6.35 Å². The molecule has 2 aliphatic rings. The van der Waals surface area contributed by atoms with Crippen molar-refractivity contribution < 1.29 is 4.74 Å². The van der Waals surface area contributed by atoms with Gasteiger partial charge in [-0.3, -0.25) is 5.01 Å². The van der Waals surface area contributed by atoms with E-state index >= 15 is 0 Å². The number of hydrazine groups is 1. The van der Waals surface area contributed by atoms with E-state index in [1.165, 1.54) is 0 Å². The standard InChI is InChI=1S/C13H11Cl3N4O/c1-2-21-13-18-12-7(5-17)6-19(13)20(12)9-4-3-8(14)10(15)11(9)16/h3-4,6,12-13,18H,2H2,1H3. The van der Waals surface area contributed by atoms with Gasteiger partial charge in [-0.05, 0) is 19.1 Å². The van der Waals surface area contributed by atoms with Crippen LogP contribution < -0.4 is 10.3 Å². The Morgan fingerprint density at radius 3 is 2.76 bits per heavy atom. The maximum Gasteiger partial charge on any atom is 0.206 e. The molecule has 0 saturated carbocycles. The molecular formula is C13H11Cl3N4O. The van der Waals surface area contributed by atoms with Gasteiger partial charge in [-0.25, -0.2) is 10.3 Å². The van der Waals surface area contributed by atoms with Gasteiger partial charge < -0.3 is 4.74 Å². The third-order valence-electron chi connectivity index (χ3n) is 3.32. The van der Waals surface area contributed by atoms with Crippen LogP contribution in [0.15, 0.2) is 23.9 Å². The molecule has 0 aliphatic carbocycles. The van der Waals surface area contributed by atoms with Gasteiger partial charge in [-0.15, -0.1) is 0 Å². The summed E-state index contributed by atoms with van der Waals surface area (Å²) in [5.41, 5.74) is 1.24. The summed E-state index contributed by atoms with van der Waals surface area (Å²) in [4.78, 5) is 0. The Labute approximate surface area is 137 Å². The summed E-state index contributed by atoms with van der Waals surface area (Å²) in [5, 5.41) is 17.0. The van der Waals surface area contributed by atoms with E-state index in [4.69, 9.17) is 39.5 Å². The summed E-state index contributed by atoms with van der Waals surface area (Å²) in [7, 11) is 0. The minimum Gasteiger partial charge on any atom is -0.344 e. The Bertz CT molecular complexity index is 658. The maximum atomic E-state index is 9.20. The molecular weight excluding hydrogens is 335 g/mol. The molecule has 0 spiro atoms. The number of nitriles is 1. The van der Waals surface area contributed by atoms with Gasteiger partial charge in [-0.2, -0.15) is 5.26 Å². The van der Waals surface area contributed by atoms with Crippen molar-refractivity contribution >= 4 is 40.5 Å². The number of benzene rings is 1. The third kappa shape index (κ3) is 2.24. The summed E-state index contributed by atoms with van der Waals surface area (Å²) >= 11 is 18.4. The highest BCUT2D eigenvalue weighted by Gasteiger charge is 2.46. The van der Waals surface area contributed by atoms with Crippen LogP contribution in [0.4, 0.5) is 5.69 Å². The van der Waals surface area contributed by atoms with Gasteiger partial charge in [0.1, 0.15) is 12.2 Å². The second-order valence-corrected chi connectivity index (χ2v) is 5.66. The van der Waals surface area contributed by atoms with Gasteiger partial charge in [0.25, 0.3) is 0 Å². The first kappa shape index (κ1) is 14.8. The van der Waals surface area contributed by atoms with Crippen molar-refractivity contribution in [3.63, 3.8) is 0 Å². The van der Waals surface area contributed by atoms with Gasteiger partial charge in [0.15, 0.2) is 0 Å². The van der Waals surface area contributed by atoms with Gasteiger partial charge in [0.05, 0.1) is 26.3 Å². The minimum atomic E-state index is -0.345. The number of fused-ring (bicyclic) bond motifs is 2. The number of hydrogen-bond acceptors (Lipinski definition) is 5. The lowest BCUT2D eigenvalue weighted by atomic mass is 10.2. The molecule has 0 amide bonds. The Morgan fingerprint density at radius 2 is 2.10 bits per heavy atom. The van der Waals surface area contributed by atoms with Crippen molar-refractivity contribution in [3.05, 3.63) is 39.0 Å². The van der Waals surface area contributed by atoms with E-state index in [1.54, 1.807) is 23.3 Å². The number of halogens is 3. The van der Waals surface area contributed by atoms with E-state index in [2.05, 4.69) is 11.4 Å². The maximum absolute atomic E-state index is 9.20. The molecule has 1 aromatic rings. The zero-order chi connectivity index (χ0) is 15.1. The highest BCUT2D eigenvalue weighted by Crippen LogP contribution is 2.43. The van der Waals surface area contributed by atoms with E-state index < -0.39 is 0 Å². The Balaban J connectivity index is 2.01. The van der Waals surface area contributed by atoms with Crippen LogP contribution in [0.25, 0.3) is 0 Å². The molecule has 2 aliphatic heterocycles. The average Bonchev–Trinajstić information content (AvgIpc) is 3.00. The lowest BCUT2D eigenvalue weighted by molar-refractivity contribution is -0.0276. The molecule has 110 valence electrons. The number of anilines is 1. The predicted octanol–water partition coefficient (Wildman–Crippen LogP) is 3.34. The first-order chi connectivity index (χ1) is 10.1. The fourth-order valence-electron chi connectivity index (χ4n) is 2.42. The normalized spacial score (nSPS) is 23.5. The Morgan fingerprint density at radius 1 is 1.33 bits per heavy atom. The zero-order valence-electron chi connectivity index (χ0n) is 11.0. The van der Waals surface area contributed by atoms with Gasteiger partial charge in [-0.1, -0.05) is 34.8 Å². The molecule has 2 atom stereocenters. The van der Waals surface area contributed by atoms with Crippen molar-refractivity contribution in [2.45, 2.75) is 19.4 Å². The molecule has 21 heavy (non-hydrogen) atoms. The number of nitrogens with zero attached hydrogens (tertiary/aromatic N) is 3. The summed E-state index contributed by atoms with van der Waals surface area (Å²) in [6, 6.07) is 5.60. The van der Waals surface area contributed by atoms with Crippen molar-refractivity contribution in [1.82, 2.24) is 10.3 Å². The quantitative estimate of drug-likeness (QED) is 0.852. The second kappa shape index (κ2) is 5.56. The Hall–Kier alpha value is -1.16. The van der Waals surface area contributed by atoms with Crippen LogP contribution in [0, 0.1) is 11.3 Å². The van der Waals surface area contributed by atoms with Crippen LogP contribution in [0.3, 0.4) is 0 Å². The first-order valence-corrected chi connectivity index (χ1v) is 7.42. The first-order valence-electron chi connectivity index (χ1n) is 6.29. The molecule has 2 bridgehead atoms. The lowest BCUT2D eigenvalue weighted by Crippen LogP contribution is -2.40.